The summed E-state index contributed by atoms with van der Waals surface area (Å²) in [5, 5.41) is 2.81. The summed E-state index contributed by atoms with van der Waals surface area (Å²) in [6.07, 6.45) is 0.544. The average molecular weight is 543 g/mol. The Kier molecular flexibility index (Phi) is 7.76. The van der Waals surface area contributed by atoms with Crippen LogP contribution in [0.15, 0.2) is 18.2 Å². The predicted octanol–water partition coefficient (Wildman–Crippen LogP) is 4.38. The third-order valence-electron chi connectivity index (χ3n) is 2.89. The maximum atomic E-state index is 12.4. The Bertz CT molecular complexity index is 580. The van der Waals surface area contributed by atoms with Crippen LogP contribution in [0.2, 0.25) is 0 Å². The predicted molar refractivity (Wildman–Crippen MR) is 108 cm³/mol. The quantitative estimate of drug-likeness (QED) is 0.444. The summed E-state index contributed by atoms with van der Waals surface area (Å²) in [5.41, 5.74) is -0.0259. The number of nitrogens with one attached hydrogen (secondary N) is 1. The summed E-state index contributed by atoms with van der Waals surface area (Å²) in [7, 11) is 0. The van der Waals surface area contributed by atoms with Gasteiger partial charge in [-0.25, -0.2) is 4.79 Å². The lowest BCUT2D eigenvalue weighted by atomic mass is 10.0. The highest BCUT2D eigenvalue weighted by Gasteiger charge is 2.27. The Hall–Kier alpha value is -0.380. The van der Waals surface area contributed by atoms with E-state index >= 15 is 0 Å². The van der Waals surface area contributed by atoms with E-state index in [0.29, 0.717) is 12.0 Å². The van der Waals surface area contributed by atoms with Gasteiger partial charge in [-0.15, -0.1) is 0 Å². The van der Waals surface area contributed by atoms with Crippen molar-refractivity contribution in [2.75, 3.05) is 0 Å². The van der Waals surface area contributed by atoms with Crippen LogP contribution in [0, 0.1) is 13.1 Å². The molecule has 0 fully saturated rings. The van der Waals surface area contributed by atoms with Gasteiger partial charge in [0.2, 0.25) is 0 Å². The van der Waals surface area contributed by atoms with Gasteiger partial charge in [0.15, 0.2) is 0 Å². The minimum atomic E-state index is -0.640. The van der Waals surface area contributed by atoms with E-state index in [1.807, 2.05) is 46.8 Å². The topological polar surface area (TPSA) is 55.4 Å². The van der Waals surface area contributed by atoms with Crippen molar-refractivity contribution in [2.45, 2.75) is 52.7 Å². The number of benzene rings is 1. The van der Waals surface area contributed by atoms with Crippen LogP contribution in [0.5, 0.6) is 0 Å². The molecule has 1 amide bonds. The van der Waals surface area contributed by atoms with Gasteiger partial charge < -0.3 is 10.1 Å². The molecule has 0 saturated carbocycles. The van der Waals surface area contributed by atoms with E-state index in [1.54, 1.807) is 6.07 Å². The molecule has 1 N–H and O–H groups in total. The van der Waals surface area contributed by atoms with Crippen LogP contribution in [0.1, 0.15) is 51.4 Å². The molecular weight excluding hydrogens is 520 g/mol. The number of hydrogen-bond donors (Lipinski definition) is 1. The molecule has 0 aromatic heterocycles. The van der Waals surface area contributed by atoms with Crippen molar-refractivity contribution in [2.24, 2.45) is 5.92 Å². The van der Waals surface area contributed by atoms with E-state index in [-0.39, 0.29) is 17.8 Å². The molecule has 128 valence electrons. The van der Waals surface area contributed by atoms with Crippen molar-refractivity contribution in [3.8, 4) is 0 Å². The van der Waals surface area contributed by atoms with Gasteiger partial charge in [-0.1, -0.05) is 13.8 Å². The average Bonchev–Trinajstić information content (AvgIpc) is 2.38. The van der Waals surface area contributed by atoms with Gasteiger partial charge in [0.1, 0.15) is 11.6 Å². The summed E-state index contributed by atoms with van der Waals surface area (Å²) >= 11 is 4.41. The molecule has 1 aromatic carbocycles. The molecule has 1 atom stereocenters. The number of halogens is 2. The molecule has 1 aromatic rings. The second-order valence-electron chi connectivity index (χ2n) is 6.82. The maximum absolute atomic E-state index is 12.4. The summed E-state index contributed by atoms with van der Waals surface area (Å²) < 4.78 is 7.52. The van der Waals surface area contributed by atoms with Crippen molar-refractivity contribution in [3.05, 3.63) is 30.9 Å². The minimum Gasteiger partial charge on any atom is -0.458 e. The normalized spacial score (nSPS) is 12.9. The van der Waals surface area contributed by atoms with E-state index in [4.69, 9.17) is 4.74 Å². The molecule has 0 heterocycles. The standard InChI is InChI=1S/C17H23I2NO3/c1-10(2)8-14(16(22)23-17(3,4)5)20-15(21)11-6-7-12(18)13(19)9-11/h6-7,9-10,14H,8H2,1-5H3,(H,20,21)/t14-/m0/s1. The lowest BCUT2D eigenvalue weighted by Crippen LogP contribution is -2.45. The molecule has 0 spiro atoms. The zero-order chi connectivity index (χ0) is 17.8. The van der Waals surface area contributed by atoms with Crippen molar-refractivity contribution in [1.82, 2.24) is 5.32 Å². The molecule has 23 heavy (non-hydrogen) atoms. The molecule has 0 bridgehead atoms. The third kappa shape index (κ3) is 7.36. The summed E-state index contributed by atoms with van der Waals surface area (Å²) in [6, 6.07) is 4.83. The first kappa shape index (κ1) is 20.7. The zero-order valence-electron chi connectivity index (χ0n) is 14.1. The SMILES string of the molecule is CC(C)C[C@H](NC(=O)c1ccc(I)c(I)c1)C(=O)OC(C)(C)C. The molecule has 0 aliphatic heterocycles. The van der Waals surface area contributed by atoms with Crippen LogP contribution in [0.3, 0.4) is 0 Å². The lowest BCUT2D eigenvalue weighted by Gasteiger charge is -2.25. The largest absolute Gasteiger partial charge is 0.458 e. The Morgan fingerprint density at radius 1 is 1.17 bits per heavy atom. The van der Waals surface area contributed by atoms with Gasteiger partial charge in [0, 0.05) is 12.7 Å². The van der Waals surface area contributed by atoms with E-state index in [0.717, 1.165) is 7.14 Å². The number of carbonyl (C=O) groups is 2. The van der Waals surface area contributed by atoms with Crippen LogP contribution >= 0.6 is 45.2 Å². The van der Waals surface area contributed by atoms with Crippen LogP contribution < -0.4 is 5.32 Å². The van der Waals surface area contributed by atoms with Gasteiger partial charge in [0.05, 0.1) is 0 Å². The molecule has 6 heteroatoms. The Morgan fingerprint density at radius 3 is 2.26 bits per heavy atom. The van der Waals surface area contributed by atoms with Crippen LogP contribution in [-0.2, 0) is 9.53 Å². The molecule has 1 rings (SSSR count). The molecule has 0 aliphatic rings. The zero-order valence-corrected chi connectivity index (χ0v) is 18.4. The number of ether oxygens (including phenoxy) is 1. The Balaban J connectivity index is 2.89. The minimum absolute atomic E-state index is 0.254. The lowest BCUT2D eigenvalue weighted by molar-refractivity contribution is -0.157. The van der Waals surface area contributed by atoms with E-state index in [2.05, 4.69) is 50.5 Å². The first-order valence-electron chi connectivity index (χ1n) is 7.48. The molecular formula is C17H23I2NO3. The van der Waals surface area contributed by atoms with Gasteiger partial charge in [-0.3, -0.25) is 4.79 Å². The fourth-order valence-electron chi connectivity index (χ4n) is 1.94. The molecule has 0 saturated heterocycles. The van der Waals surface area contributed by atoms with Gasteiger partial charge in [-0.2, -0.15) is 0 Å². The van der Waals surface area contributed by atoms with Gasteiger partial charge >= 0.3 is 5.97 Å². The van der Waals surface area contributed by atoms with E-state index in [1.165, 1.54) is 0 Å². The fourth-order valence-corrected chi connectivity index (χ4v) is 2.79. The first-order valence-corrected chi connectivity index (χ1v) is 9.64. The van der Waals surface area contributed by atoms with E-state index in [9.17, 15) is 9.59 Å². The molecule has 4 nitrogen and oxygen atoms in total. The second kappa shape index (κ2) is 8.64. The summed E-state index contributed by atoms with van der Waals surface area (Å²) in [6.45, 7) is 9.48. The van der Waals surface area contributed by atoms with Crippen LogP contribution in [0.25, 0.3) is 0 Å². The number of rotatable bonds is 5. The fraction of sp³-hybridized carbons (Fsp3) is 0.529. The third-order valence-corrected chi connectivity index (χ3v) is 5.75. The highest BCUT2D eigenvalue weighted by atomic mass is 127. The Morgan fingerprint density at radius 2 is 1.78 bits per heavy atom. The highest BCUT2D eigenvalue weighted by molar-refractivity contribution is 14.1. The number of carbonyl (C=O) groups excluding carboxylic acids is 2. The van der Waals surface area contributed by atoms with Crippen molar-refractivity contribution in [1.29, 1.82) is 0 Å². The summed E-state index contributed by atoms with van der Waals surface area (Å²) in [5.74, 6) is -0.375. The molecule has 0 aliphatic carbocycles. The Labute approximate surface area is 165 Å². The monoisotopic (exact) mass is 543 g/mol. The summed E-state index contributed by atoms with van der Waals surface area (Å²) in [4.78, 5) is 24.8. The van der Waals surface area contributed by atoms with Crippen LogP contribution in [0.4, 0.5) is 0 Å². The van der Waals surface area contributed by atoms with Crippen molar-refractivity contribution >= 4 is 57.1 Å². The number of hydrogen-bond acceptors (Lipinski definition) is 3. The maximum Gasteiger partial charge on any atom is 0.329 e. The van der Waals surface area contributed by atoms with Crippen LogP contribution in [-0.4, -0.2) is 23.5 Å². The first-order chi connectivity index (χ1) is 10.5. The molecule has 0 radical (unpaired) electrons. The van der Waals surface area contributed by atoms with Crippen molar-refractivity contribution in [3.63, 3.8) is 0 Å². The molecule has 0 unspecified atom stereocenters. The number of amides is 1. The highest BCUT2D eigenvalue weighted by Crippen LogP contribution is 2.17. The van der Waals surface area contributed by atoms with E-state index < -0.39 is 11.6 Å². The number of esters is 1. The van der Waals surface area contributed by atoms with Gasteiger partial charge in [-0.05, 0) is 96.5 Å². The van der Waals surface area contributed by atoms with Crippen molar-refractivity contribution < 1.29 is 14.3 Å². The van der Waals surface area contributed by atoms with Gasteiger partial charge in [0.25, 0.3) is 5.91 Å². The smallest absolute Gasteiger partial charge is 0.329 e. The second-order valence-corrected chi connectivity index (χ2v) is 9.14.